The number of allylic oxidation sites excluding steroid dienone is 1. The van der Waals surface area contributed by atoms with Crippen LogP contribution in [0.1, 0.15) is 21.5 Å². The zero-order chi connectivity index (χ0) is 20.7. The smallest absolute Gasteiger partial charge is 0.415 e. The molecule has 0 radical (unpaired) electrons. The first-order valence-corrected chi connectivity index (χ1v) is 9.62. The average Bonchev–Trinajstić information content (AvgIpc) is 3.35. The molecule has 30 heavy (non-hydrogen) atoms. The number of fused-ring (bicyclic) bond motifs is 2. The fourth-order valence-electron chi connectivity index (χ4n) is 3.54. The number of morpholine rings is 1. The molecule has 0 bridgehead atoms. The first-order chi connectivity index (χ1) is 14.6. The van der Waals surface area contributed by atoms with E-state index in [2.05, 4.69) is 0 Å². The van der Waals surface area contributed by atoms with Gasteiger partial charge in [0.1, 0.15) is 11.5 Å². The van der Waals surface area contributed by atoms with E-state index in [1.54, 1.807) is 42.2 Å². The third-order valence-corrected chi connectivity index (χ3v) is 5.20. The molecule has 0 N–H and O–H groups in total. The normalized spacial score (nSPS) is 18.4. The minimum atomic E-state index is -0.443. The Balaban J connectivity index is 1.38. The minimum absolute atomic E-state index is 0.182. The first kappa shape index (κ1) is 18.5. The van der Waals surface area contributed by atoms with Crippen molar-refractivity contribution in [3.63, 3.8) is 0 Å². The van der Waals surface area contributed by atoms with Gasteiger partial charge < -0.3 is 28.6 Å². The van der Waals surface area contributed by atoms with E-state index in [0.717, 1.165) is 5.56 Å². The molecule has 8 nitrogen and oxygen atoms in total. The van der Waals surface area contributed by atoms with Gasteiger partial charge in [-0.2, -0.15) is 0 Å². The summed E-state index contributed by atoms with van der Waals surface area (Å²) in [5.41, 5.74) is 1.79. The maximum Gasteiger partial charge on any atom is 0.415 e. The summed E-state index contributed by atoms with van der Waals surface area (Å²) in [5, 5.41) is 0. The van der Waals surface area contributed by atoms with Crippen LogP contribution in [0.3, 0.4) is 0 Å². The van der Waals surface area contributed by atoms with Crippen molar-refractivity contribution in [1.29, 1.82) is 0 Å². The molecule has 0 spiro atoms. The van der Waals surface area contributed by atoms with Crippen LogP contribution in [0.25, 0.3) is 6.08 Å². The molecule has 0 unspecified atom stereocenters. The second kappa shape index (κ2) is 7.38. The highest BCUT2D eigenvalue weighted by Crippen LogP contribution is 2.40. The van der Waals surface area contributed by atoms with Crippen molar-refractivity contribution in [3.05, 3.63) is 52.8 Å². The van der Waals surface area contributed by atoms with E-state index >= 15 is 0 Å². The van der Waals surface area contributed by atoms with Crippen LogP contribution in [0.15, 0.2) is 36.1 Å². The Kier molecular flexibility index (Phi) is 4.55. The van der Waals surface area contributed by atoms with Gasteiger partial charge in [-0.1, -0.05) is 6.07 Å². The average molecular weight is 409 g/mol. The quantitative estimate of drug-likeness (QED) is 0.705. The Morgan fingerprint density at radius 1 is 1.10 bits per heavy atom. The predicted molar refractivity (Wildman–Crippen MR) is 105 cm³/mol. The lowest BCUT2D eigenvalue weighted by Crippen LogP contribution is -2.42. The molecule has 0 aromatic heterocycles. The summed E-state index contributed by atoms with van der Waals surface area (Å²) in [4.78, 5) is 26.8. The summed E-state index contributed by atoms with van der Waals surface area (Å²) in [7, 11) is 0. The fourth-order valence-corrected chi connectivity index (χ4v) is 3.54. The Morgan fingerprint density at radius 2 is 1.90 bits per heavy atom. The summed E-state index contributed by atoms with van der Waals surface area (Å²) in [6.45, 7) is 3.90. The fraction of sp³-hybridized carbons (Fsp3) is 0.273. The van der Waals surface area contributed by atoms with Crippen molar-refractivity contribution in [2.24, 2.45) is 0 Å². The topological polar surface area (TPSA) is 83.5 Å². The lowest BCUT2D eigenvalue weighted by atomic mass is 10.1. The van der Waals surface area contributed by atoms with Crippen LogP contribution in [-0.4, -0.2) is 49.9 Å². The highest BCUT2D eigenvalue weighted by molar-refractivity contribution is 6.15. The van der Waals surface area contributed by atoms with Crippen molar-refractivity contribution in [2.45, 2.75) is 6.92 Å². The molecule has 2 aromatic rings. The maximum atomic E-state index is 12.8. The molecule has 8 heteroatoms. The number of nitrogens with zero attached hydrogens (tertiary/aromatic N) is 1. The largest absolute Gasteiger partial charge is 0.454 e. The van der Waals surface area contributed by atoms with Crippen LogP contribution >= 0.6 is 0 Å². The summed E-state index contributed by atoms with van der Waals surface area (Å²) in [5.74, 6) is 2.03. The molecule has 3 heterocycles. The molecule has 1 saturated heterocycles. The molecule has 1 amide bonds. The third-order valence-electron chi connectivity index (χ3n) is 5.20. The van der Waals surface area contributed by atoms with E-state index in [0.29, 0.717) is 60.4 Å². The molecule has 3 aliphatic heterocycles. The van der Waals surface area contributed by atoms with Crippen molar-refractivity contribution >= 4 is 18.0 Å². The summed E-state index contributed by atoms with van der Waals surface area (Å²) in [6.07, 6.45) is 1.21. The van der Waals surface area contributed by atoms with E-state index in [1.807, 2.05) is 6.07 Å². The highest BCUT2D eigenvalue weighted by atomic mass is 16.7. The van der Waals surface area contributed by atoms with Gasteiger partial charge in [-0.3, -0.25) is 4.79 Å². The van der Waals surface area contributed by atoms with Crippen LogP contribution in [0.4, 0.5) is 4.79 Å². The van der Waals surface area contributed by atoms with E-state index in [9.17, 15) is 9.59 Å². The van der Waals surface area contributed by atoms with Gasteiger partial charge >= 0.3 is 6.09 Å². The van der Waals surface area contributed by atoms with Crippen LogP contribution in [0.5, 0.6) is 23.0 Å². The number of rotatable bonds is 2. The third kappa shape index (κ3) is 3.25. The molecular weight excluding hydrogens is 390 g/mol. The number of ether oxygens (including phenoxy) is 5. The van der Waals surface area contributed by atoms with Gasteiger partial charge in [-0.15, -0.1) is 0 Å². The standard InChI is InChI=1S/C22H19NO7/c1-13-16(30-22(25)23-6-8-26-9-7-23)5-3-15-20(24)19(29-21(13)15)11-14-2-4-17-18(10-14)28-12-27-17/h2-5,10-11H,6-9,12H2,1H3/b19-11-. The number of benzene rings is 2. The van der Waals surface area contributed by atoms with Gasteiger partial charge in [0.25, 0.3) is 0 Å². The molecule has 154 valence electrons. The van der Waals surface area contributed by atoms with Gasteiger partial charge in [0.15, 0.2) is 17.3 Å². The van der Waals surface area contributed by atoms with Crippen molar-refractivity contribution in [2.75, 3.05) is 33.1 Å². The van der Waals surface area contributed by atoms with E-state index in [-0.39, 0.29) is 18.3 Å². The van der Waals surface area contributed by atoms with Crippen LogP contribution in [-0.2, 0) is 4.74 Å². The number of hydrogen-bond donors (Lipinski definition) is 0. The molecule has 5 rings (SSSR count). The number of carbonyl (C=O) groups is 2. The summed E-state index contributed by atoms with van der Waals surface area (Å²) < 4.78 is 27.3. The number of hydrogen-bond acceptors (Lipinski definition) is 7. The van der Waals surface area contributed by atoms with Gasteiger partial charge in [0.05, 0.1) is 18.8 Å². The maximum absolute atomic E-state index is 12.8. The Bertz CT molecular complexity index is 1070. The summed E-state index contributed by atoms with van der Waals surface area (Å²) in [6, 6.07) is 8.64. The number of carbonyl (C=O) groups excluding carboxylic acids is 2. The number of amides is 1. The van der Waals surface area contributed by atoms with Crippen molar-refractivity contribution in [1.82, 2.24) is 4.90 Å². The van der Waals surface area contributed by atoms with Crippen molar-refractivity contribution < 1.29 is 33.3 Å². The minimum Gasteiger partial charge on any atom is -0.454 e. The zero-order valence-corrected chi connectivity index (χ0v) is 16.3. The number of ketones is 1. The van der Waals surface area contributed by atoms with Crippen LogP contribution in [0, 0.1) is 6.92 Å². The Hall–Kier alpha value is -3.52. The summed E-state index contributed by atoms with van der Waals surface area (Å²) >= 11 is 0. The first-order valence-electron chi connectivity index (χ1n) is 9.62. The second-order valence-corrected chi connectivity index (χ2v) is 7.09. The molecule has 2 aromatic carbocycles. The van der Waals surface area contributed by atoms with Gasteiger partial charge in [0, 0.05) is 18.7 Å². The SMILES string of the molecule is Cc1c(OC(=O)N2CCOCC2)ccc2c1O/C(=C\c1ccc3c(c1)OCO3)C2=O. The second-order valence-electron chi connectivity index (χ2n) is 7.09. The lowest BCUT2D eigenvalue weighted by molar-refractivity contribution is 0.0415. The van der Waals surface area contributed by atoms with E-state index in [4.69, 9.17) is 23.7 Å². The van der Waals surface area contributed by atoms with Crippen LogP contribution in [0.2, 0.25) is 0 Å². The number of Topliss-reactive ketones (excluding diaryl/α,β-unsaturated/α-hetero) is 1. The van der Waals surface area contributed by atoms with E-state index < -0.39 is 6.09 Å². The van der Waals surface area contributed by atoms with Gasteiger partial charge in [-0.05, 0) is 42.8 Å². The van der Waals surface area contributed by atoms with Gasteiger partial charge in [-0.25, -0.2) is 4.79 Å². The van der Waals surface area contributed by atoms with E-state index in [1.165, 1.54) is 0 Å². The van der Waals surface area contributed by atoms with Gasteiger partial charge in [0.2, 0.25) is 12.6 Å². The predicted octanol–water partition coefficient (Wildman–Crippen LogP) is 3.17. The zero-order valence-electron chi connectivity index (χ0n) is 16.3. The molecule has 0 saturated carbocycles. The molecule has 1 fully saturated rings. The lowest BCUT2D eigenvalue weighted by Gasteiger charge is -2.26. The monoisotopic (exact) mass is 409 g/mol. The highest BCUT2D eigenvalue weighted by Gasteiger charge is 2.31. The molecule has 0 aliphatic carbocycles. The van der Waals surface area contributed by atoms with Crippen molar-refractivity contribution in [3.8, 4) is 23.0 Å². The molecular formula is C22H19NO7. The Morgan fingerprint density at radius 3 is 2.73 bits per heavy atom. The van der Waals surface area contributed by atoms with Crippen LogP contribution < -0.4 is 18.9 Å². The molecule has 0 atom stereocenters. The Labute approximate surface area is 172 Å². The molecule has 3 aliphatic rings.